The van der Waals surface area contributed by atoms with Crippen LogP contribution in [-0.4, -0.2) is 24.6 Å². The van der Waals surface area contributed by atoms with Gasteiger partial charge in [-0.05, 0) is 25.0 Å². The van der Waals surface area contributed by atoms with Gasteiger partial charge in [0.1, 0.15) is 17.2 Å². The Hall–Kier alpha value is -2.17. The van der Waals surface area contributed by atoms with E-state index in [4.69, 9.17) is 0 Å². The molecule has 3 rings (SSSR count). The first-order chi connectivity index (χ1) is 9.13. The van der Waals surface area contributed by atoms with E-state index >= 15 is 0 Å². The molecule has 0 saturated heterocycles. The molecule has 98 valence electrons. The number of hydrogen-bond acceptors (Lipinski definition) is 3. The van der Waals surface area contributed by atoms with Gasteiger partial charge in [-0.25, -0.2) is 9.97 Å². The zero-order valence-electron chi connectivity index (χ0n) is 11.4. The second-order valence-electron chi connectivity index (χ2n) is 5.23. The molecule has 5 heteroatoms. The van der Waals surface area contributed by atoms with Gasteiger partial charge in [-0.15, -0.1) is 0 Å². The number of rotatable bonds is 3. The largest absolute Gasteiger partial charge is 0.304 e. The summed E-state index contributed by atoms with van der Waals surface area (Å²) in [5.74, 6) is 2.14. The summed E-state index contributed by atoms with van der Waals surface area (Å²) in [4.78, 5) is 9.06. The van der Waals surface area contributed by atoms with Crippen molar-refractivity contribution >= 4 is 5.65 Å². The number of nitrogens with zero attached hydrogens (tertiary/aromatic N) is 4. The van der Waals surface area contributed by atoms with Crippen molar-refractivity contribution in [3.8, 4) is 11.5 Å². The Kier molecular flexibility index (Phi) is 2.81. The van der Waals surface area contributed by atoms with Gasteiger partial charge in [0.05, 0.1) is 0 Å². The molecule has 0 amide bonds. The third-order valence-corrected chi connectivity index (χ3v) is 3.06. The van der Waals surface area contributed by atoms with Gasteiger partial charge in [0.2, 0.25) is 5.82 Å². The molecule has 0 aromatic carbocycles. The highest BCUT2D eigenvalue weighted by Gasteiger charge is 2.11. The predicted molar refractivity (Wildman–Crippen MR) is 73.8 cm³/mol. The van der Waals surface area contributed by atoms with Gasteiger partial charge in [0, 0.05) is 18.3 Å². The second-order valence-corrected chi connectivity index (χ2v) is 5.23. The summed E-state index contributed by atoms with van der Waals surface area (Å²) < 4.78 is 2.05. The highest BCUT2D eigenvalue weighted by Crippen LogP contribution is 2.17. The zero-order chi connectivity index (χ0) is 13.4. The SMILES string of the molecule is Cc1cccc2nc(-c3n[nH]c(CC(C)C)n3)cn12. The smallest absolute Gasteiger partial charge is 0.201 e. The fraction of sp³-hybridized carbons (Fsp3) is 0.357. The first kappa shape index (κ1) is 11.9. The molecule has 1 N–H and O–H groups in total. The summed E-state index contributed by atoms with van der Waals surface area (Å²) >= 11 is 0. The van der Waals surface area contributed by atoms with E-state index in [1.807, 2.05) is 22.7 Å². The number of aryl methyl sites for hydroxylation is 1. The molecule has 3 heterocycles. The number of imidazole rings is 1. The van der Waals surface area contributed by atoms with E-state index in [0.29, 0.717) is 11.7 Å². The Labute approximate surface area is 111 Å². The fourth-order valence-electron chi connectivity index (χ4n) is 2.14. The third-order valence-electron chi connectivity index (χ3n) is 3.06. The maximum atomic E-state index is 4.55. The lowest BCUT2D eigenvalue weighted by Gasteiger charge is -1.97. The van der Waals surface area contributed by atoms with Gasteiger partial charge in [-0.1, -0.05) is 19.9 Å². The van der Waals surface area contributed by atoms with Crippen LogP contribution in [0.1, 0.15) is 25.4 Å². The molecule has 0 radical (unpaired) electrons. The average molecular weight is 255 g/mol. The summed E-state index contributed by atoms with van der Waals surface area (Å²) in [7, 11) is 0. The predicted octanol–water partition coefficient (Wildman–Crippen LogP) is 2.63. The van der Waals surface area contributed by atoms with Crippen LogP contribution < -0.4 is 0 Å². The van der Waals surface area contributed by atoms with Crippen LogP contribution in [0.4, 0.5) is 0 Å². The molecule has 3 aromatic heterocycles. The van der Waals surface area contributed by atoms with Crippen molar-refractivity contribution in [2.75, 3.05) is 0 Å². The number of aromatic nitrogens is 5. The van der Waals surface area contributed by atoms with Gasteiger partial charge in [0.25, 0.3) is 0 Å². The molecular formula is C14H17N5. The second kappa shape index (κ2) is 4.50. The molecule has 0 aliphatic heterocycles. The molecule has 0 unspecified atom stereocenters. The molecule has 0 bridgehead atoms. The summed E-state index contributed by atoms with van der Waals surface area (Å²) in [5.41, 5.74) is 2.87. The van der Waals surface area contributed by atoms with E-state index in [1.54, 1.807) is 0 Å². The quantitative estimate of drug-likeness (QED) is 0.782. The Bertz CT molecular complexity index is 708. The summed E-state index contributed by atoms with van der Waals surface area (Å²) in [6.45, 7) is 6.38. The van der Waals surface area contributed by atoms with Crippen LogP contribution >= 0.6 is 0 Å². The van der Waals surface area contributed by atoms with Crippen molar-refractivity contribution in [1.29, 1.82) is 0 Å². The minimum atomic E-state index is 0.559. The van der Waals surface area contributed by atoms with Crippen LogP contribution in [0.15, 0.2) is 24.4 Å². The summed E-state index contributed by atoms with van der Waals surface area (Å²) in [5, 5.41) is 7.24. The molecular weight excluding hydrogens is 238 g/mol. The topological polar surface area (TPSA) is 58.9 Å². The number of pyridine rings is 1. The molecule has 0 saturated carbocycles. The number of fused-ring (bicyclic) bond motifs is 1. The van der Waals surface area contributed by atoms with Gasteiger partial charge in [-0.3, -0.25) is 5.10 Å². The monoisotopic (exact) mass is 255 g/mol. The Morgan fingerprint density at radius 2 is 2.11 bits per heavy atom. The first-order valence-electron chi connectivity index (χ1n) is 6.50. The number of aromatic amines is 1. The van der Waals surface area contributed by atoms with Crippen LogP contribution in [0.2, 0.25) is 0 Å². The Morgan fingerprint density at radius 3 is 2.84 bits per heavy atom. The Morgan fingerprint density at radius 1 is 1.26 bits per heavy atom. The van der Waals surface area contributed by atoms with Crippen molar-refractivity contribution in [3.63, 3.8) is 0 Å². The highest BCUT2D eigenvalue weighted by atomic mass is 15.2. The Balaban J connectivity index is 2.00. The molecule has 0 fully saturated rings. The number of nitrogens with one attached hydrogen (secondary N) is 1. The van der Waals surface area contributed by atoms with Gasteiger partial charge in [0.15, 0.2) is 0 Å². The van der Waals surface area contributed by atoms with E-state index in [2.05, 4.69) is 47.0 Å². The standard InChI is InChI=1S/C14H17N5/c1-9(2)7-12-16-14(18-17-12)11-8-19-10(3)5-4-6-13(19)15-11/h4-6,8-9H,7H2,1-3H3,(H,16,17,18). The minimum absolute atomic E-state index is 0.559. The van der Waals surface area contributed by atoms with E-state index in [0.717, 1.165) is 29.3 Å². The lowest BCUT2D eigenvalue weighted by Crippen LogP contribution is -1.95. The summed E-state index contributed by atoms with van der Waals surface area (Å²) in [6.07, 6.45) is 2.88. The van der Waals surface area contributed by atoms with Crippen LogP contribution in [0.3, 0.4) is 0 Å². The molecule has 5 nitrogen and oxygen atoms in total. The number of hydrogen-bond donors (Lipinski definition) is 1. The number of H-pyrrole nitrogens is 1. The highest BCUT2D eigenvalue weighted by molar-refractivity contribution is 5.55. The van der Waals surface area contributed by atoms with Crippen LogP contribution in [0, 0.1) is 12.8 Å². The molecule has 3 aromatic rings. The molecule has 0 atom stereocenters. The van der Waals surface area contributed by atoms with Crippen LogP contribution in [0.5, 0.6) is 0 Å². The fourth-order valence-corrected chi connectivity index (χ4v) is 2.14. The lowest BCUT2D eigenvalue weighted by atomic mass is 10.1. The third kappa shape index (κ3) is 2.23. The van der Waals surface area contributed by atoms with Gasteiger partial charge in [-0.2, -0.15) is 5.10 Å². The van der Waals surface area contributed by atoms with E-state index < -0.39 is 0 Å². The van der Waals surface area contributed by atoms with Crippen LogP contribution in [-0.2, 0) is 6.42 Å². The van der Waals surface area contributed by atoms with E-state index in [-0.39, 0.29) is 0 Å². The van der Waals surface area contributed by atoms with E-state index in [1.165, 1.54) is 0 Å². The first-order valence-corrected chi connectivity index (χ1v) is 6.50. The molecule has 0 spiro atoms. The molecule has 0 aliphatic carbocycles. The molecule has 19 heavy (non-hydrogen) atoms. The molecule has 0 aliphatic rings. The normalized spacial score (nSPS) is 11.6. The van der Waals surface area contributed by atoms with Crippen LogP contribution in [0.25, 0.3) is 17.2 Å². The van der Waals surface area contributed by atoms with Gasteiger partial charge >= 0.3 is 0 Å². The summed E-state index contributed by atoms with van der Waals surface area (Å²) in [6, 6.07) is 6.04. The van der Waals surface area contributed by atoms with E-state index in [9.17, 15) is 0 Å². The van der Waals surface area contributed by atoms with Crippen molar-refractivity contribution in [1.82, 2.24) is 24.6 Å². The minimum Gasteiger partial charge on any atom is -0.304 e. The lowest BCUT2D eigenvalue weighted by molar-refractivity contribution is 0.622. The van der Waals surface area contributed by atoms with Crippen molar-refractivity contribution in [2.24, 2.45) is 5.92 Å². The maximum absolute atomic E-state index is 4.55. The average Bonchev–Trinajstić information content (AvgIpc) is 2.94. The maximum Gasteiger partial charge on any atom is 0.201 e. The van der Waals surface area contributed by atoms with Crippen molar-refractivity contribution in [2.45, 2.75) is 27.2 Å². The van der Waals surface area contributed by atoms with Crippen molar-refractivity contribution in [3.05, 3.63) is 35.9 Å². The zero-order valence-corrected chi connectivity index (χ0v) is 11.4. The van der Waals surface area contributed by atoms with Crippen molar-refractivity contribution < 1.29 is 0 Å². The van der Waals surface area contributed by atoms with Gasteiger partial charge < -0.3 is 4.40 Å².